The molecule has 0 amide bonds. The number of oxazole rings is 1. The molecule has 0 N–H and O–H groups in total. The summed E-state index contributed by atoms with van der Waals surface area (Å²) in [5.41, 5.74) is 13.1. The summed E-state index contributed by atoms with van der Waals surface area (Å²) in [6, 6.07) is 59.1. The minimum absolute atomic E-state index is 0.694. The highest BCUT2D eigenvalue weighted by Crippen LogP contribution is 2.43. The van der Waals surface area contributed by atoms with Crippen molar-refractivity contribution in [2.24, 2.45) is 0 Å². The monoisotopic (exact) mass is 627 g/mol. The number of hydrogen-bond acceptors (Lipinski definition) is 4. The van der Waals surface area contributed by atoms with Crippen molar-refractivity contribution >= 4 is 21.9 Å². The van der Waals surface area contributed by atoms with Crippen molar-refractivity contribution in [3.8, 4) is 67.3 Å². The third-order valence-corrected chi connectivity index (χ3v) is 9.07. The molecule has 49 heavy (non-hydrogen) atoms. The van der Waals surface area contributed by atoms with Crippen LogP contribution in [0.5, 0.6) is 0 Å². The first-order chi connectivity index (χ1) is 24.3. The zero-order valence-electron chi connectivity index (χ0n) is 26.5. The molecule has 0 unspecified atom stereocenters. The van der Waals surface area contributed by atoms with Gasteiger partial charge in [0.2, 0.25) is 0 Å². The molecule has 2 aromatic heterocycles. The normalized spacial score (nSPS) is 11.3. The van der Waals surface area contributed by atoms with E-state index in [-0.39, 0.29) is 0 Å². The lowest BCUT2D eigenvalue weighted by molar-refractivity contribution is 0.602. The molecule has 4 heteroatoms. The summed E-state index contributed by atoms with van der Waals surface area (Å²) in [6.45, 7) is 0. The molecule has 9 rings (SSSR count). The van der Waals surface area contributed by atoms with E-state index in [0.29, 0.717) is 5.82 Å². The first-order valence-corrected chi connectivity index (χ1v) is 16.3. The number of fused-ring (bicyclic) bond motifs is 2. The van der Waals surface area contributed by atoms with Crippen molar-refractivity contribution in [2.75, 3.05) is 0 Å². The minimum Gasteiger partial charge on any atom is -0.443 e. The molecule has 0 radical (unpaired) electrons. The van der Waals surface area contributed by atoms with E-state index >= 15 is 0 Å². The van der Waals surface area contributed by atoms with E-state index in [1.54, 1.807) is 0 Å². The number of benzene rings is 7. The van der Waals surface area contributed by atoms with Gasteiger partial charge in [-0.15, -0.1) is 0 Å². The quantitative estimate of drug-likeness (QED) is 0.184. The molecule has 0 aliphatic rings. The van der Waals surface area contributed by atoms with Gasteiger partial charge in [0.1, 0.15) is 5.52 Å². The van der Waals surface area contributed by atoms with Gasteiger partial charge in [-0.2, -0.15) is 0 Å². The summed E-state index contributed by atoms with van der Waals surface area (Å²) in [5.74, 6) is 0.694. The van der Waals surface area contributed by atoms with Gasteiger partial charge >= 0.3 is 0 Å². The molecule has 230 valence electrons. The number of rotatable bonds is 6. The van der Waals surface area contributed by atoms with E-state index in [9.17, 15) is 0 Å². The topological polar surface area (TPSA) is 51.8 Å². The third kappa shape index (κ3) is 5.26. The van der Waals surface area contributed by atoms with Crippen molar-refractivity contribution in [1.82, 2.24) is 15.0 Å². The lowest BCUT2D eigenvalue weighted by Gasteiger charge is -2.18. The fourth-order valence-electron chi connectivity index (χ4n) is 6.76. The SMILES string of the molecule is c1ccc(-c2cc(-c3ccccc3-c3c(-c4cccc(-c5cccc6ocnc56)c4)ccc4ccccc34)nc(-c3ccccc3)n2)cc1. The van der Waals surface area contributed by atoms with Gasteiger partial charge < -0.3 is 4.42 Å². The molecule has 4 nitrogen and oxygen atoms in total. The third-order valence-electron chi connectivity index (χ3n) is 9.07. The molecule has 9 aromatic rings. The van der Waals surface area contributed by atoms with Crippen LogP contribution in [-0.2, 0) is 0 Å². The summed E-state index contributed by atoms with van der Waals surface area (Å²) in [5, 5.41) is 2.36. The van der Waals surface area contributed by atoms with E-state index in [2.05, 4.69) is 126 Å². The maximum absolute atomic E-state index is 5.63. The molecule has 0 saturated heterocycles. The van der Waals surface area contributed by atoms with E-state index in [1.165, 1.54) is 17.2 Å². The number of hydrogen-bond donors (Lipinski definition) is 0. The minimum atomic E-state index is 0.694. The Hall–Kier alpha value is -6.65. The molecule has 0 saturated carbocycles. The lowest BCUT2D eigenvalue weighted by atomic mass is 9.86. The maximum atomic E-state index is 5.63. The van der Waals surface area contributed by atoms with Crippen molar-refractivity contribution in [3.63, 3.8) is 0 Å². The average Bonchev–Trinajstić information content (AvgIpc) is 3.68. The fraction of sp³-hybridized carbons (Fsp3) is 0. The number of para-hydroxylation sites is 1. The van der Waals surface area contributed by atoms with Gasteiger partial charge in [0.15, 0.2) is 17.8 Å². The van der Waals surface area contributed by atoms with Crippen LogP contribution in [0, 0.1) is 0 Å². The van der Waals surface area contributed by atoms with Crippen LogP contribution in [0.2, 0.25) is 0 Å². The van der Waals surface area contributed by atoms with Gasteiger partial charge in [-0.3, -0.25) is 0 Å². The number of nitrogens with zero attached hydrogens (tertiary/aromatic N) is 3. The molecular formula is C45H29N3O. The molecule has 0 aliphatic carbocycles. The second-order valence-electron chi connectivity index (χ2n) is 12.0. The number of aromatic nitrogens is 3. The maximum Gasteiger partial charge on any atom is 0.182 e. The van der Waals surface area contributed by atoms with Gasteiger partial charge in [-0.25, -0.2) is 15.0 Å². The van der Waals surface area contributed by atoms with Gasteiger partial charge in [0.05, 0.1) is 11.4 Å². The fourth-order valence-corrected chi connectivity index (χ4v) is 6.76. The van der Waals surface area contributed by atoms with Gasteiger partial charge in [-0.1, -0.05) is 152 Å². The summed E-state index contributed by atoms with van der Waals surface area (Å²) < 4.78 is 5.63. The first-order valence-electron chi connectivity index (χ1n) is 16.3. The molecular weight excluding hydrogens is 599 g/mol. The van der Waals surface area contributed by atoms with Crippen LogP contribution in [0.25, 0.3) is 89.2 Å². The molecule has 0 aliphatic heterocycles. The highest BCUT2D eigenvalue weighted by atomic mass is 16.3. The van der Waals surface area contributed by atoms with E-state index in [1.807, 2.05) is 48.5 Å². The predicted octanol–water partition coefficient (Wildman–Crippen LogP) is 11.8. The Balaban J connectivity index is 1.28. The first kappa shape index (κ1) is 28.6. The van der Waals surface area contributed by atoms with E-state index in [4.69, 9.17) is 14.4 Å². The molecule has 0 bridgehead atoms. The second kappa shape index (κ2) is 12.2. The molecule has 0 atom stereocenters. The van der Waals surface area contributed by atoms with Crippen molar-refractivity contribution in [3.05, 3.63) is 176 Å². The van der Waals surface area contributed by atoms with E-state index < -0.39 is 0 Å². The van der Waals surface area contributed by atoms with Crippen molar-refractivity contribution < 1.29 is 4.42 Å². The van der Waals surface area contributed by atoms with Crippen LogP contribution in [-0.4, -0.2) is 15.0 Å². The highest BCUT2D eigenvalue weighted by molar-refractivity contribution is 6.07. The van der Waals surface area contributed by atoms with Crippen LogP contribution < -0.4 is 0 Å². The Labute approximate surface area is 284 Å². The average molecular weight is 628 g/mol. The van der Waals surface area contributed by atoms with Gasteiger partial charge in [-0.05, 0) is 56.8 Å². The highest BCUT2D eigenvalue weighted by Gasteiger charge is 2.19. The Bertz CT molecular complexity index is 2550. The van der Waals surface area contributed by atoms with Crippen molar-refractivity contribution in [1.29, 1.82) is 0 Å². The summed E-state index contributed by atoms with van der Waals surface area (Å²) in [7, 11) is 0. The van der Waals surface area contributed by atoms with Crippen LogP contribution in [0.3, 0.4) is 0 Å². The summed E-state index contributed by atoms with van der Waals surface area (Å²) in [4.78, 5) is 14.8. The zero-order chi connectivity index (χ0) is 32.6. The van der Waals surface area contributed by atoms with Crippen LogP contribution in [0.4, 0.5) is 0 Å². The standard InChI is InChI=1S/C45H29N3O/c1-3-14-31(15-4-1)40-28-41(48-45(47-40)32-16-5-2-6-17-32)38-21-9-10-22-39(38)43-35-20-8-7-13-30(35)25-26-36(43)33-18-11-19-34(27-33)37-23-12-24-42-44(37)46-29-49-42/h1-29H. The van der Waals surface area contributed by atoms with Gasteiger partial charge in [0, 0.05) is 22.3 Å². The zero-order valence-corrected chi connectivity index (χ0v) is 26.5. The summed E-state index contributed by atoms with van der Waals surface area (Å²) >= 11 is 0. The van der Waals surface area contributed by atoms with Crippen LogP contribution in [0.1, 0.15) is 0 Å². The van der Waals surface area contributed by atoms with Gasteiger partial charge in [0.25, 0.3) is 0 Å². The van der Waals surface area contributed by atoms with Crippen LogP contribution in [0.15, 0.2) is 181 Å². The van der Waals surface area contributed by atoms with E-state index in [0.717, 1.165) is 72.6 Å². The molecule has 0 spiro atoms. The van der Waals surface area contributed by atoms with Crippen LogP contribution >= 0.6 is 0 Å². The molecule has 0 fully saturated rings. The Kier molecular flexibility index (Phi) is 7.10. The smallest absolute Gasteiger partial charge is 0.182 e. The molecule has 7 aromatic carbocycles. The predicted molar refractivity (Wildman–Crippen MR) is 200 cm³/mol. The van der Waals surface area contributed by atoms with Crippen molar-refractivity contribution in [2.45, 2.75) is 0 Å². The largest absolute Gasteiger partial charge is 0.443 e. The lowest BCUT2D eigenvalue weighted by Crippen LogP contribution is -1.98. The Morgan fingerprint density at radius 3 is 1.88 bits per heavy atom. The summed E-state index contributed by atoms with van der Waals surface area (Å²) in [6.07, 6.45) is 1.51. The Morgan fingerprint density at radius 1 is 0.408 bits per heavy atom. The Morgan fingerprint density at radius 2 is 1.04 bits per heavy atom. The molecule has 2 heterocycles. The second-order valence-corrected chi connectivity index (χ2v) is 12.0.